The Kier molecular flexibility index (Phi) is 5.09. The van der Waals surface area contributed by atoms with Crippen LogP contribution in [-0.4, -0.2) is 39.2 Å². The van der Waals surface area contributed by atoms with Crippen molar-refractivity contribution < 1.29 is 9.90 Å². The summed E-state index contributed by atoms with van der Waals surface area (Å²) in [5.41, 5.74) is 2.67. The molecule has 0 fully saturated rings. The average molecular weight is 615 g/mol. The summed E-state index contributed by atoms with van der Waals surface area (Å²) in [5, 5.41) is 13.0. The molecule has 0 bridgehead atoms. The number of ketones is 1. The molecule has 136 valence electrons. The molecule has 7 heteroatoms. The number of carbonyl (C=O) groups is 1. The van der Waals surface area contributed by atoms with Gasteiger partial charge in [0.25, 0.3) is 0 Å². The molecule has 1 N–H and O–H groups in total. The Morgan fingerprint density at radius 2 is 2.19 bits per heavy atom. The van der Waals surface area contributed by atoms with E-state index in [-0.39, 0.29) is 26.0 Å². The van der Waals surface area contributed by atoms with E-state index >= 15 is 0 Å². The van der Waals surface area contributed by atoms with Crippen LogP contribution < -0.4 is 5.19 Å². The van der Waals surface area contributed by atoms with E-state index in [9.17, 15) is 9.90 Å². The fourth-order valence-electron chi connectivity index (χ4n) is 3.77. The number of phenolic OH excluding ortho intramolecular Hbond substituents is 1. The second-order valence-electron chi connectivity index (χ2n) is 6.70. The number of nitrogens with zero attached hydrogens (tertiary/aromatic N) is 1. The van der Waals surface area contributed by atoms with E-state index in [0.717, 1.165) is 42.3 Å². The normalized spacial score (nSPS) is 20.6. The predicted molar refractivity (Wildman–Crippen MR) is 126 cm³/mol. The number of rotatable bonds is 3. The van der Waals surface area contributed by atoms with E-state index in [1.165, 1.54) is 2.44 Å². The number of carbonyl (C=O) groups excluding carboxylic acids is 1. The Labute approximate surface area is 186 Å². The Morgan fingerprint density at radius 1 is 1.41 bits per heavy atom. The number of benzene rings is 1. The van der Waals surface area contributed by atoms with Gasteiger partial charge in [0.15, 0.2) is 0 Å². The van der Waals surface area contributed by atoms with E-state index in [1.54, 1.807) is 18.2 Å². The number of hydrogen-bond acceptors (Lipinski definition) is 3. The van der Waals surface area contributed by atoms with Gasteiger partial charge in [-0.1, -0.05) is 0 Å². The SMILES string of the molecule is C=CC[Si]1(C)C2=CC(=O)C=CC2=Nc2ccc(O)c(-c3cc(Br)c(I)[se]3)c21. The van der Waals surface area contributed by atoms with E-state index in [0.29, 0.717) is 0 Å². The third-order valence-electron chi connectivity index (χ3n) is 4.96. The molecule has 0 radical (unpaired) electrons. The van der Waals surface area contributed by atoms with E-state index in [4.69, 9.17) is 4.99 Å². The van der Waals surface area contributed by atoms with Gasteiger partial charge < -0.3 is 0 Å². The number of phenols is 1. The van der Waals surface area contributed by atoms with E-state index < -0.39 is 8.07 Å². The Hall–Kier alpha value is -0.994. The maximum atomic E-state index is 12.1. The zero-order valence-corrected chi connectivity index (χ0v) is 20.9. The molecule has 0 saturated heterocycles. The summed E-state index contributed by atoms with van der Waals surface area (Å²) in [6, 6.07) is 6.53. The van der Waals surface area contributed by atoms with Crippen molar-refractivity contribution in [3.63, 3.8) is 0 Å². The first-order valence-corrected chi connectivity index (χ1v) is 14.6. The molecule has 2 aromatic rings. The molecule has 2 aliphatic rings. The topological polar surface area (TPSA) is 49.7 Å². The summed E-state index contributed by atoms with van der Waals surface area (Å²) in [5.74, 6) is 0.285. The molecule has 1 aliphatic heterocycles. The quantitative estimate of drug-likeness (QED) is 0.237. The van der Waals surface area contributed by atoms with Crippen molar-refractivity contribution in [2.24, 2.45) is 4.99 Å². The zero-order valence-electron chi connectivity index (χ0n) is 14.4. The Morgan fingerprint density at radius 3 is 2.85 bits per heavy atom. The molecule has 1 aromatic carbocycles. The number of halogens is 2. The van der Waals surface area contributed by atoms with Gasteiger partial charge in [-0.3, -0.25) is 0 Å². The second kappa shape index (κ2) is 7.11. The van der Waals surface area contributed by atoms with Gasteiger partial charge in [-0.15, -0.1) is 0 Å². The minimum absolute atomic E-state index is 0.000139. The number of allylic oxidation sites excluding steroid dienone is 5. The van der Waals surface area contributed by atoms with Crippen LogP contribution in [-0.2, 0) is 4.79 Å². The van der Waals surface area contributed by atoms with Crippen molar-refractivity contribution in [3.8, 4) is 15.8 Å². The van der Waals surface area contributed by atoms with Crippen molar-refractivity contribution in [2.75, 3.05) is 0 Å². The maximum absolute atomic E-state index is 12.1. The minimum atomic E-state index is -2.34. The number of hydrogen-bond donors (Lipinski definition) is 1. The van der Waals surface area contributed by atoms with Crippen molar-refractivity contribution in [2.45, 2.75) is 12.6 Å². The zero-order chi connectivity index (χ0) is 19.3. The molecule has 0 saturated carbocycles. The Balaban J connectivity index is 2.09. The fourth-order valence-corrected chi connectivity index (χ4v) is 12.1. The summed E-state index contributed by atoms with van der Waals surface area (Å²) < 4.78 is 3.50. The predicted octanol–water partition coefficient (Wildman–Crippen LogP) is 4.65. The van der Waals surface area contributed by atoms with Crippen LogP contribution in [0.4, 0.5) is 5.69 Å². The van der Waals surface area contributed by atoms with Crippen LogP contribution in [0.15, 0.2) is 63.7 Å². The van der Waals surface area contributed by atoms with E-state index in [2.05, 4.69) is 57.7 Å². The molecular formula is C20H15BrINO2SeSi. The second-order valence-corrected chi connectivity index (χ2v) is 16.6. The molecule has 0 spiro atoms. The number of fused-ring (bicyclic) bond motifs is 2. The van der Waals surface area contributed by atoms with Crippen LogP contribution >= 0.6 is 38.5 Å². The van der Waals surface area contributed by atoms with Crippen LogP contribution in [0.3, 0.4) is 0 Å². The van der Waals surface area contributed by atoms with Crippen LogP contribution in [0.25, 0.3) is 10.0 Å². The van der Waals surface area contributed by atoms with Gasteiger partial charge in [0.2, 0.25) is 0 Å². The molecular weight excluding hydrogens is 600 g/mol. The monoisotopic (exact) mass is 615 g/mol. The summed E-state index contributed by atoms with van der Waals surface area (Å²) >= 11 is 6.11. The average Bonchev–Trinajstić information content (AvgIpc) is 2.95. The summed E-state index contributed by atoms with van der Waals surface area (Å²) in [6.45, 7) is 6.23. The van der Waals surface area contributed by atoms with Crippen molar-refractivity contribution in [1.29, 1.82) is 0 Å². The summed E-state index contributed by atoms with van der Waals surface area (Å²) in [4.78, 5) is 17.0. The van der Waals surface area contributed by atoms with E-state index in [1.807, 2.05) is 18.2 Å². The van der Waals surface area contributed by atoms with Gasteiger partial charge in [0.1, 0.15) is 0 Å². The first-order valence-electron chi connectivity index (χ1n) is 8.31. The Bertz CT molecular complexity index is 1080. The fraction of sp³-hybridized carbons (Fsp3) is 0.100. The molecule has 27 heavy (non-hydrogen) atoms. The van der Waals surface area contributed by atoms with Gasteiger partial charge >= 0.3 is 188 Å². The molecule has 0 amide bonds. The first-order chi connectivity index (χ1) is 12.8. The van der Waals surface area contributed by atoms with Gasteiger partial charge in [0, 0.05) is 0 Å². The summed E-state index contributed by atoms with van der Waals surface area (Å²) in [7, 11) is -2.34. The van der Waals surface area contributed by atoms with Crippen molar-refractivity contribution in [1.82, 2.24) is 0 Å². The molecule has 1 aromatic heterocycles. The number of aromatic hydroxyl groups is 1. The van der Waals surface area contributed by atoms with Gasteiger partial charge in [-0.2, -0.15) is 0 Å². The van der Waals surface area contributed by atoms with Crippen LogP contribution in [0.2, 0.25) is 12.6 Å². The first kappa shape index (κ1) is 19.3. The molecule has 2 heterocycles. The third kappa shape index (κ3) is 3.13. The van der Waals surface area contributed by atoms with Gasteiger partial charge in [-0.05, 0) is 0 Å². The molecule has 3 nitrogen and oxygen atoms in total. The van der Waals surface area contributed by atoms with Crippen LogP contribution in [0.1, 0.15) is 0 Å². The molecule has 4 rings (SSSR count). The third-order valence-corrected chi connectivity index (χ3v) is 14.9. The van der Waals surface area contributed by atoms with Crippen LogP contribution in [0, 0.1) is 2.44 Å². The molecule has 1 atom stereocenters. The van der Waals surface area contributed by atoms with Gasteiger partial charge in [0.05, 0.1) is 0 Å². The molecule has 1 aliphatic carbocycles. The van der Waals surface area contributed by atoms with Crippen molar-refractivity contribution in [3.05, 3.63) is 61.2 Å². The molecule has 1 unspecified atom stereocenters. The van der Waals surface area contributed by atoms with Crippen molar-refractivity contribution >= 4 is 83.5 Å². The number of aliphatic imine (C=N–C) groups is 1. The standard InChI is InChI=1S/C20H15BrINO2SeSi/c1-3-8-27(2)17-9-11(24)4-5-13(17)23-14-6-7-15(25)18(19(14)27)16-10-12(21)20(22)26-16/h3-7,9-10,25H,1,8H2,2H3. The van der Waals surface area contributed by atoms with Gasteiger partial charge in [-0.25, -0.2) is 0 Å². The van der Waals surface area contributed by atoms with Crippen LogP contribution in [0.5, 0.6) is 5.75 Å². The summed E-state index contributed by atoms with van der Waals surface area (Å²) in [6.07, 6.45) is 7.06.